The number of piperazine rings is 1. The normalized spacial score (nSPS) is 29.9. The van der Waals surface area contributed by atoms with Gasteiger partial charge in [-0.2, -0.15) is 0 Å². The third-order valence-electron chi connectivity index (χ3n) is 5.22. The van der Waals surface area contributed by atoms with Gasteiger partial charge in [-0.25, -0.2) is 17.1 Å². The highest BCUT2D eigenvalue weighted by Gasteiger charge is 2.25. The maximum absolute atomic E-state index is 14.9. The van der Waals surface area contributed by atoms with E-state index in [0.717, 1.165) is 0 Å². The summed E-state index contributed by atoms with van der Waals surface area (Å²) in [6.45, 7) is -9.80. The Morgan fingerprint density at radius 3 is 2.73 bits per heavy atom. The minimum absolute atomic E-state index is 0.0846. The van der Waals surface area contributed by atoms with E-state index in [1.54, 1.807) is 0 Å². The van der Waals surface area contributed by atoms with Gasteiger partial charge >= 0.3 is 0 Å². The number of carbonyl (C=O) groups is 1. The molecule has 1 N–H and O–H groups in total. The Labute approximate surface area is 220 Å². The van der Waals surface area contributed by atoms with Gasteiger partial charge in [-0.1, -0.05) is 19.3 Å². The van der Waals surface area contributed by atoms with Crippen molar-refractivity contribution in [2.75, 3.05) is 62.2 Å². The van der Waals surface area contributed by atoms with Crippen molar-refractivity contribution in [3.63, 3.8) is 0 Å². The number of hydrogen-bond acceptors (Lipinski definition) is 5. The van der Waals surface area contributed by atoms with Crippen LogP contribution in [-0.4, -0.2) is 75.5 Å². The van der Waals surface area contributed by atoms with Crippen LogP contribution in [-0.2, 0) is 14.8 Å². The van der Waals surface area contributed by atoms with Crippen molar-refractivity contribution in [2.45, 2.75) is 51.7 Å². The maximum atomic E-state index is 14.9. The Balaban J connectivity index is 1.73. The number of carbonyl (C=O) groups excluding carboxylic acids is 1. The predicted octanol–water partition coefficient (Wildman–Crippen LogP) is 3.53. The largest absolute Gasteiger partial charge is 0.369 e. The Kier molecular flexibility index (Phi) is 4.34. The number of anilines is 2. The van der Waals surface area contributed by atoms with Crippen molar-refractivity contribution in [2.24, 2.45) is 5.92 Å². The molecule has 0 unspecified atom stereocenters. The number of halogens is 1. The van der Waals surface area contributed by atoms with Crippen molar-refractivity contribution in [3.8, 4) is 0 Å². The molecule has 1 saturated heterocycles. The average Bonchev–Trinajstić information content (AvgIpc) is 2.94. The van der Waals surface area contributed by atoms with Crippen molar-refractivity contribution in [1.29, 1.82) is 0 Å². The molecule has 33 heavy (non-hydrogen) atoms. The van der Waals surface area contributed by atoms with Crippen LogP contribution >= 0.6 is 0 Å². The van der Waals surface area contributed by atoms with E-state index in [1.165, 1.54) is 9.80 Å². The van der Waals surface area contributed by atoms with Gasteiger partial charge in [0.25, 0.3) is 0 Å². The first kappa shape index (κ1) is 11.8. The molecule has 3 rings (SSSR count). The van der Waals surface area contributed by atoms with Crippen LogP contribution in [0.5, 0.6) is 0 Å². The van der Waals surface area contributed by atoms with Crippen LogP contribution in [0.2, 0.25) is 1.41 Å². The lowest BCUT2D eigenvalue weighted by Crippen LogP contribution is -2.46. The number of sulfonamides is 1. The molecule has 7 nitrogen and oxygen atoms in total. The molecular formula is C24H39FN4O3S. The number of amides is 1. The maximum Gasteiger partial charge on any atom is 0.221 e. The van der Waals surface area contributed by atoms with E-state index in [-0.39, 0.29) is 67.9 Å². The second-order valence-electron chi connectivity index (χ2n) is 7.70. The summed E-state index contributed by atoms with van der Waals surface area (Å²) in [6, 6.07) is -2.92. The SMILES string of the molecule is [2H]c1c(F)c([2H])c(N([2H])C(=O)C([2H])([2H])[2H])c([2H])c1N1CCN(C([2H])([2H])CCCN(C([2H])([2H])[2H])S(=O)(=O)CC2C([2H])([2H])CCCC2([2H])[2H])CC1. The first-order valence-electron chi connectivity index (χ1n) is 18.6. The van der Waals surface area contributed by atoms with Crippen molar-refractivity contribution in [3.05, 3.63) is 23.9 Å². The number of hydrogen-bond donors (Lipinski definition) is 1. The van der Waals surface area contributed by atoms with Crippen LogP contribution in [0, 0.1) is 11.7 Å². The van der Waals surface area contributed by atoms with Gasteiger partial charge in [-0.3, -0.25) is 9.69 Å². The summed E-state index contributed by atoms with van der Waals surface area (Å²) < 4.78 is 169. The monoisotopic (exact) mass is 498 g/mol. The lowest BCUT2D eigenvalue weighted by molar-refractivity contribution is -0.114. The molecule has 1 aliphatic heterocycles. The number of nitrogens with one attached hydrogen (secondary N) is 1. The van der Waals surface area contributed by atoms with Gasteiger partial charge in [-0.05, 0) is 56.1 Å². The number of benzene rings is 1. The molecule has 1 aromatic carbocycles. The lowest BCUT2D eigenvalue weighted by Gasteiger charge is -2.36. The summed E-state index contributed by atoms with van der Waals surface area (Å²) in [5.74, 6) is -6.00. The van der Waals surface area contributed by atoms with Gasteiger partial charge in [0.2, 0.25) is 15.9 Å². The lowest BCUT2D eigenvalue weighted by atomic mass is 9.91. The second kappa shape index (κ2) is 12.1. The fourth-order valence-corrected chi connectivity index (χ4v) is 4.79. The summed E-state index contributed by atoms with van der Waals surface area (Å²) >= 11 is 0. The molecule has 1 saturated carbocycles. The molecule has 0 bridgehead atoms. The molecule has 0 atom stereocenters. The van der Waals surface area contributed by atoms with E-state index in [1.807, 2.05) is 0 Å². The van der Waals surface area contributed by atoms with E-state index in [2.05, 4.69) is 0 Å². The standard InChI is InChI=1S/C24H39FN4O3S/c1-20(30)26-23-16-22(25)17-24(18-23)29-14-12-28(13-15-29)11-7-6-10-27(2)33(31,32)19-21-8-4-3-5-9-21/h16-18,21H,3-15,19H2,1-2H3,(H,26,30)/i1D3,2D3,8D2,9D2,11D2,16D,17D,18D/hD. The van der Waals surface area contributed by atoms with Crippen LogP contribution in [0.25, 0.3) is 0 Å². The number of rotatable bonds is 10. The summed E-state index contributed by atoms with van der Waals surface area (Å²) in [5, 5.41) is -0.275. The highest BCUT2D eigenvalue weighted by Crippen LogP contribution is 2.26. The zero-order chi connectivity index (χ0) is 37.7. The smallest absolute Gasteiger partial charge is 0.221 e. The highest BCUT2D eigenvalue weighted by molar-refractivity contribution is 7.89. The van der Waals surface area contributed by atoms with E-state index < -0.39 is 103 Å². The van der Waals surface area contributed by atoms with Crippen LogP contribution in [0.15, 0.2) is 18.1 Å². The van der Waals surface area contributed by atoms with Crippen molar-refractivity contribution < 1.29 is 39.6 Å². The third-order valence-corrected chi connectivity index (χ3v) is 6.83. The fourth-order valence-electron chi connectivity index (χ4n) is 3.55. The summed E-state index contributed by atoms with van der Waals surface area (Å²) in [5.41, 5.74) is -1.42. The van der Waals surface area contributed by atoms with Gasteiger partial charge in [0.05, 0.1) is 9.87 Å². The summed E-state index contributed by atoms with van der Waals surface area (Å²) in [7, 11) is -4.74. The minimum Gasteiger partial charge on any atom is -0.369 e. The van der Waals surface area contributed by atoms with E-state index in [0.29, 0.717) is 0 Å². The molecule has 1 aliphatic carbocycles. The van der Waals surface area contributed by atoms with Crippen molar-refractivity contribution >= 4 is 27.3 Å². The average molecular weight is 499 g/mol. The molecule has 0 radical (unpaired) electrons. The zero-order valence-corrected chi connectivity index (χ0v) is 19.0. The molecule has 2 fully saturated rings. The summed E-state index contributed by atoms with van der Waals surface area (Å²) in [4.78, 5) is 14.8. The fraction of sp³-hybridized carbons (Fsp3) is 0.708. The molecule has 0 aromatic heterocycles. The second-order valence-corrected chi connectivity index (χ2v) is 9.64. The minimum atomic E-state index is -4.74. The molecule has 1 aromatic rings. The van der Waals surface area contributed by atoms with E-state index in [4.69, 9.17) is 22.0 Å². The Hall–Kier alpha value is -1.71. The Morgan fingerprint density at radius 1 is 1.27 bits per heavy atom. The van der Waals surface area contributed by atoms with Gasteiger partial charge in [0, 0.05) is 74.4 Å². The third kappa shape index (κ3) is 8.22. The Morgan fingerprint density at radius 2 is 2.03 bits per heavy atom. The van der Waals surface area contributed by atoms with E-state index >= 15 is 0 Å². The molecule has 1 heterocycles. The number of nitrogens with zero attached hydrogens (tertiary/aromatic N) is 3. The van der Waals surface area contributed by atoms with E-state index in [9.17, 15) is 17.6 Å². The summed E-state index contributed by atoms with van der Waals surface area (Å²) in [6.07, 6.45) is -5.02. The topological polar surface area (TPSA) is 73.0 Å². The predicted molar refractivity (Wildman–Crippen MR) is 132 cm³/mol. The first-order valence-corrected chi connectivity index (χ1v) is 12.3. The van der Waals surface area contributed by atoms with Gasteiger partial charge in [0.1, 0.15) is 5.82 Å². The molecule has 186 valence electrons. The first-order chi connectivity index (χ1) is 22.1. The zero-order valence-electron chi connectivity index (χ0n) is 34.2. The van der Waals surface area contributed by atoms with Crippen LogP contribution in [0.3, 0.4) is 0 Å². The van der Waals surface area contributed by atoms with Gasteiger partial charge in [0.15, 0.2) is 1.41 Å². The molecule has 1 amide bonds. The van der Waals surface area contributed by atoms with Gasteiger partial charge < -0.3 is 10.2 Å². The molecular weight excluding hydrogens is 443 g/mol. The molecule has 9 heteroatoms. The highest BCUT2D eigenvalue weighted by atomic mass is 32.2. The van der Waals surface area contributed by atoms with Crippen molar-refractivity contribution in [1.82, 2.24) is 9.21 Å². The van der Waals surface area contributed by atoms with Crippen LogP contribution in [0.4, 0.5) is 15.8 Å². The van der Waals surface area contributed by atoms with Gasteiger partial charge in [-0.15, -0.1) is 0 Å². The Bertz CT molecular complexity index is 1480. The molecule has 2 aliphatic rings. The molecule has 0 spiro atoms. The quantitative estimate of drug-likeness (QED) is 0.534. The van der Waals surface area contributed by atoms with Crippen LogP contribution in [0.1, 0.15) is 72.3 Å². The van der Waals surface area contributed by atoms with Crippen LogP contribution < -0.4 is 10.2 Å².